The van der Waals surface area contributed by atoms with Crippen molar-refractivity contribution in [1.82, 2.24) is 15.6 Å². The van der Waals surface area contributed by atoms with Gasteiger partial charge >= 0.3 is 0 Å². The number of carbonyl (C=O) groups is 1. The van der Waals surface area contributed by atoms with E-state index in [9.17, 15) is 4.79 Å². The maximum atomic E-state index is 12.4. The van der Waals surface area contributed by atoms with Crippen molar-refractivity contribution in [3.8, 4) is 11.3 Å². The van der Waals surface area contributed by atoms with Crippen LogP contribution in [-0.4, -0.2) is 22.3 Å². The van der Waals surface area contributed by atoms with Crippen LogP contribution in [0.4, 0.5) is 0 Å². The van der Waals surface area contributed by atoms with Gasteiger partial charge in [-0.1, -0.05) is 30.3 Å². The topological polar surface area (TPSA) is 83.3 Å². The number of rotatable bonds is 5. The van der Waals surface area contributed by atoms with Gasteiger partial charge < -0.3 is 4.42 Å². The number of aromatic amines is 1. The molecule has 6 nitrogen and oxygen atoms in total. The molecule has 30 heavy (non-hydrogen) atoms. The molecule has 0 atom stereocenters. The predicted octanol–water partition coefficient (Wildman–Crippen LogP) is 4.74. The lowest BCUT2D eigenvalue weighted by molar-refractivity contribution is 0.0950. The molecule has 5 rings (SSSR count). The van der Waals surface area contributed by atoms with E-state index >= 15 is 0 Å². The third-order valence-electron chi connectivity index (χ3n) is 5.32. The third kappa shape index (κ3) is 3.33. The van der Waals surface area contributed by atoms with Gasteiger partial charge in [-0.25, -0.2) is 5.43 Å². The molecule has 1 amide bonds. The van der Waals surface area contributed by atoms with E-state index in [1.54, 1.807) is 18.5 Å². The highest BCUT2D eigenvalue weighted by Crippen LogP contribution is 2.36. The Kier molecular flexibility index (Phi) is 4.52. The summed E-state index contributed by atoms with van der Waals surface area (Å²) in [6.07, 6.45) is 7.17. The number of allylic oxidation sites excluding steroid dienone is 1. The number of benzene rings is 2. The third-order valence-corrected chi connectivity index (χ3v) is 5.32. The molecule has 0 unspecified atom stereocenters. The first-order valence-electron chi connectivity index (χ1n) is 9.83. The van der Waals surface area contributed by atoms with E-state index in [1.807, 2.05) is 25.1 Å². The minimum atomic E-state index is -0.346. The highest BCUT2D eigenvalue weighted by atomic mass is 16.3. The van der Waals surface area contributed by atoms with Crippen LogP contribution in [0.15, 0.2) is 69.9 Å². The van der Waals surface area contributed by atoms with E-state index in [1.165, 1.54) is 21.9 Å². The van der Waals surface area contributed by atoms with Crippen LogP contribution in [-0.2, 0) is 12.8 Å². The number of hydrazone groups is 1. The maximum Gasteiger partial charge on any atom is 0.289 e. The van der Waals surface area contributed by atoms with Crippen molar-refractivity contribution >= 4 is 29.0 Å². The Balaban J connectivity index is 1.34. The summed E-state index contributed by atoms with van der Waals surface area (Å²) in [5.41, 5.74) is 8.26. The van der Waals surface area contributed by atoms with E-state index in [2.05, 4.69) is 51.1 Å². The quantitative estimate of drug-likeness (QED) is 0.377. The molecule has 2 aromatic carbocycles. The zero-order valence-corrected chi connectivity index (χ0v) is 16.5. The molecule has 148 valence electrons. The van der Waals surface area contributed by atoms with Crippen LogP contribution in [0.25, 0.3) is 28.1 Å². The molecule has 0 radical (unpaired) electrons. The van der Waals surface area contributed by atoms with Crippen molar-refractivity contribution < 1.29 is 9.21 Å². The Morgan fingerprint density at radius 3 is 2.87 bits per heavy atom. The fourth-order valence-electron chi connectivity index (χ4n) is 3.93. The number of aromatic nitrogens is 2. The zero-order valence-electron chi connectivity index (χ0n) is 16.5. The summed E-state index contributed by atoms with van der Waals surface area (Å²) in [7, 11) is 0. The van der Waals surface area contributed by atoms with Gasteiger partial charge in [0.2, 0.25) is 0 Å². The van der Waals surface area contributed by atoms with Gasteiger partial charge in [-0.2, -0.15) is 10.2 Å². The number of nitrogens with one attached hydrogen (secondary N) is 2. The van der Waals surface area contributed by atoms with Gasteiger partial charge in [0.1, 0.15) is 11.5 Å². The SMILES string of the molecule is CC(/C=N\NC(=O)c1cc(-c2ccc3c4c(cccc24)CC3)n[nH]1)=C\c1ccco1. The predicted molar refractivity (Wildman–Crippen MR) is 117 cm³/mol. The standard InChI is InChI=1S/C24H20N4O2/c1-15(12-18-5-3-11-30-18)14-25-28-24(29)22-13-21(26-27-22)19-10-9-17-8-7-16-4-2-6-20(19)23(16)17/h2-6,9-14H,7-8H2,1H3,(H,26,27)(H,28,29)/b15-12+,25-14-. The molecule has 2 N–H and O–H groups in total. The van der Waals surface area contributed by atoms with Crippen molar-refractivity contribution in [2.24, 2.45) is 5.10 Å². The molecule has 0 aliphatic heterocycles. The molecular weight excluding hydrogens is 376 g/mol. The maximum absolute atomic E-state index is 12.4. The molecule has 6 heteroatoms. The zero-order chi connectivity index (χ0) is 20.5. The molecule has 2 aromatic heterocycles. The monoisotopic (exact) mass is 396 g/mol. The van der Waals surface area contributed by atoms with E-state index in [4.69, 9.17) is 4.42 Å². The first-order chi connectivity index (χ1) is 14.7. The Morgan fingerprint density at radius 2 is 2.03 bits per heavy atom. The number of amides is 1. The first-order valence-corrected chi connectivity index (χ1v) is 9.83. The average molecular weight is 396 g/mol. The lowest BCUT2D eigenvalue weighted by Crippen LogP contribution is -2.17. The Hall–Kier alpha value is -3.93. The largest absolute Gasteiger partial charge is 0.465 e. The smallest absolute Gasteiger partial charge is 0.289 e. The van der Waals surface area contributed by atoms with E-state index < -0.39 is 0 Å². The van der Waals surface area contributed by atoms with Crippen LogP contribution in [0.1, 0.15) is 34.3 Å². The lowest BCUT2D eigenvalue weighted by atomic mass is 9.98. The van der Waals surface area contributed by atoms with E-state index in [0.717, 1.165) is 35.4 Å². The van der Waals surface area contributed by atoms with Gasteiger partial charge in [-0.05, 0) is 71.5 Å². The van der Waals surface area contributed by atoms with Crippen molar-refractivity contribution in [2.75, 3.05) is 0 Å². The molecular formula is C24H20N4O2. The number of carbonyl (C=O) groups excluding carboxylic acids is 1. The minimum Gasteiger partial charge on any atom is -0.465 e. The van der Waals surface area contributed by atoms with Gasteiger partial charge in [0.05, 0.1) is 18.2 Å². The number of H-pyrrole nitrogens is 1. The molecule has 4 aromatic rings. The Morgan fingerprint density at radius 1 is 1.17 bits per heavy atom. The van der Waals surface area contributed by atoms with Crippen LogP contribution >= 0.6 is 0 Å². The second-order valence-electron chi connectivity index (χ2n) is 7.38. The summed E-state index contributed by atoms with van der Waals surface area (Å²) in [4.78, 5) is 12.4. The van der Waals surface area contributed by atoms with Crippen LogP contribution in [0.2, 0.25) is 0 Å². The van der Waals surface area contributed by atoms with Crippen LogP contribution < -0.4 is 5.43 Å². The van der Waals surface area contributed by atoms with Crippen LogP contribution in [0.5, 0.6) is 0 Å². The highest BCUT2D eigenvalue weighted by Gasteiger charge is 2.18. The van der Waals surface area contributed by atoms with Crippen LogP contribution in [0.3, 0.4) is 0 Å². The number of furan rings is 1. The molecule has 1 aliphatic rings. The number of hydrogen-bond donors (Lipinski definition) is 2. The van der Waals surface area contributed by atoms with E-state index in [0.29, 0.717) is 5.69 Å². The van der Waals surface area contributed by atoms with Gasteiger partial charge in [-0.15, -0.1) is 0 Å². The molecule has 0 saturated heterocycles. The van der Waals surface area contributed by atoms with Crippen molar-refractivity contribution in [3.05, 3.63) is 82.9 Å². The normalized spacial score (nSPS) is 13.4. The van der Waals surface area contributed by atoms with Crippen molar-refractivity contribution in [1.29, 1.82) is 0 Å². The molecule has 0 saturated carbocycles. The van der Waals surface area contributed by atoms with Gasteiger partial charge in [0.15, 0.2) is 0 Å². The summed E-state index contributed by atoms with van der Waals surface area (Å²) in [5, 5.41) is 13.7. The van der Waals surface area contributed by atoms with Gasteiger partial charge in [-0.3, -0.25) is 9.89 Å². The van der Waals surface area contributed by atoms with Gasteiger partial charge in [0.25, 0.3) is 5.91 Å². The first kappa shape index (κ1) is 18.1. The van der Waals surface area contributed by atoms with Crippen molar-refractivity contribution in [3.63, 3.8) is 0 Å². The fraction of sp³-hybridized carbons (Fsp3) is 0.125. The lowest BCUT2D eigenvalue weighted by Gasteiger charge is -2.06. The summed E-state index contributed by atoms with van der Waals surface area (Å²) in [5.74, 6) is 0.385. The summed E-state index contributed by atoms with van der Waals surface area (Å²) >= 11 is 0. The minimum absolute atomic E-state index is 0.346. The number of nitrogens with zero attached hydrogens (tertiary/aromatic N) is 2. The highest BCUT2D eigenvalue weighted by molar-refractivity contribution is 6.02. The van der Waals surface area contributed by atoms with Crippen LogP contribution in [0, 0.1) is 0 Å². The fourth-order valence-corrected chi connectivity index (χ4v) is 3.93. The Bertz CT molecular complexity index is 1290. The van der Waals surface area contributed by atoms with E-state index in [-0.39, 0.29) is 5.91 Å². The molecule has 2 heterocycles. The Labute approximate surface area is 173 Å². The summed E-state index contributed by atoms with van der Waals surface area (Å²) < 4.78 is 5.26. The number of aryl methyl sites for hydroxylation is 2. The van der Waals surface area contributed by atoms with Crippen molar-refractivity contribution in [2.45, 2.75) is 19.8 Å². The second-order valence-corrected chi connectivity index (χ2v) is 7.38. The number of hydrogen-bond acceptors (Lipinski definition) is 4. The summed E-state index contributed by atoms with van der Waals surface area (Å²) in [6.45, 7) is 1.88. The summed E-state index contributed by atoms with van der Waals surface area (Å²) in [6, 6.07) is 16.1. The average Bonchev–Trinajstić information content (AvgIpc) is 3.50. The van der Waals surface area contributed by atoms with Gasteiger partial charge in [0, 0.05) is 5.56 Å². The second kappa shape index (κ2) is 7.48. The molecule has 1 aliphatic carbocycles. The molecule has 0 fully saturated rings. The molecule has 0 bridgehead atoms. The molecule has 0 spiro atoms.